The van der Waals surface area contributed by atoms with E-state index in [0.717, 1.165) is 11.9 Å². The van der Waals surface area contributed by atoms with Crippen molar-refractivity contribution < 1.29 is 0 Å². The summed E-state index contributed by atoms with van der Waals surface area (Å²) in [6, 6.07) is 14.7. The molecule has 1 N–H and O–H groups in total. The Hall–Kier alpha value is -2.26. The number of aromatic nitrogens is 2. The Morgan fingerprint density at radius 1 is 1.05 bits per heavy atom. The summed E-state index contributed by atoms with van der Waals surface area (Å²) in [4.78, 5) is 8.61. The van der Waals surface area contributed by atoms with Crippen LogP contribution in [0.25, 0.3) is 10.9 Å². The minimum absolute atomic E-state index is 0.257. The summed E-state index contributed by atoms with van der Waals surface area (Å²) in [6.45, 7) is 0. The van der Waals surface area contributed by atoms with Gasteiger partial charge in [-0.1, -0.05) is 24.3 Å². The van der Waals surface area contributed by atoms with Gasteiger partial charge in [0, 0.05) is 30.0 Å². The Labute approximate surface area is 118 Å². The Morgan fingerprint density at radius 3 is 2.75 bits per heavy atom. The van der Waals surface area contributed by atoms with Crippen LogP contribution in [-0.4, -0.2) is 17.0 Å². The van der Waals surface area contributed by atoms with Gasteiger partial charge >= 0.3 is 0 Å². The number of hydrogen-bond donors (Lipinski definition) is 1. The highest BCUT2D eigenvalue weighted by Gasteiger charge is 2.13. The lowest BCUT2D eigenvalue weighted by molar-refractivity contribution is 0.595. The van der Waals surface area contributed by atoms with Crippen LogP contribution < -0.4 is 5.32 Å². The van der Waals surface area contributed by atoms with Gasteiger partial charge in [-0.05, 0) is 42.8 Å². The Balaban J connectivity index is 1.99. The number of nitrogens with one attached hydrogen (secondary N) is 1. The summed E-state index contributed by atoms with van der Waals surface area (Å²) in [7, 11) is 2.00. The van der Waals surface area contributed by atoms with E-state index in [1.165, 1.54) is 16.5 Å². The van der Waals surface area contributed by atoms with E-state index < -0.39 is 0 Å². The quantitative estimate of drug-likeness (QED) is 0.786. The van der Waals surface area contributed by atoms with Gasteiger partial charge < -0.3 is 5.32 Å². The molecule has 0 spiro atoms. The summed E-state index contributed by atoms with van der Waals surface area (Å²) < 4.78 is 0. The zero-order valence-electron chi connectivity index (χ0n) is 11.5. The molecule has 1 unspecified atom stereocenters. The molecule has 3 nitrogen and oxygen atoms in total. The number of likely N-dealkylation sites (N-methyl/N-ethyl adjacent to an activating group) is 1. The third-order valence-corrected chi connectivity index (χ3v) is 3.57. The van der Waals surface area contributed by atoms with E-state index in [-0.39, 0.29) is 6.04 Å². The first kappa shape index (κ1) is 12.8. The van der Waals surface area contributed by atoms with Gasteiger partial charge in [0.1, 0.15) is 0 Å². The fraction of sp³-hybridized carbons (Fsp3) is 0.176. The molecule has 3 rings (SSSR count). The highest BCUT2D eigenvalue weighted by Crippen LogP contribution is 2.25. The second-order valence-electron chi connectivity index (χ2n) is 4.82. The fourth-order valence-corrected chi connectivity index (χ4v) is 2.54. The van der Waals surface area contributed by atoms with Crippen molar-refractivity contribution in [2.24, 2.45) is 0 Å². The molecule has 0 radical (unpaired) electrons. The van der Waals surface area contributed by atoms with E-state index in [1.807, 2.05) is 31.6 Å². The van der Waals surface area contributed by atoms with Crippen LogP contribution in [0.2, 0.25) is 0 Å². The lowest BCUT2D eigenvalue weighted by atomic mass is 9.97. The van der Waals surface area contributed by atoms with Gasteiger partial charge in [0.05, 0.1) is 5.52 Å². The van der Waals surface area contributed by atoms with Gasteiger partial charge in [-0.25, -0.2) is 0 Å². The lowest BCUT2D eigenvalue weighted by Crippen LogP contribution is -2.19. The minimum Gasteiger partial charge on any atom is -0.313 e. The summed E-state index contributed by atoms with van der Waals surface area (Å²) in [5, 5.41) is 4.61. The Morgan fingerprint density at radius 2 is 1.95 bits per heavy atom. The van der Waals surface area contributed by atoms with E-state index in [1.54, 1.807) is 6.20 Å². The van der Waals surface area contributed by atoms with Gasteiger partial charge in [0.2, 0.25) is 0 Å². The van der Waals surface area contributed by atoms with E-state index >= 15 is 0 Å². The molecule has 100 valence electrons. The number of nitrogens with zero attached hydrogens (tertiary/aromatic N) is 2. The third-order valence-electron chi connectivity index (χ3n) is 3.57. The molecule has 0 amide bonds. The maximum atomic E-state index is 4.43. The second-order valence-corrected chi connectivity index (χ2v) is 4.82. The number of benzene rings is 1. The molecule has 3 aromatic rings. The van der Waals surface area contributed by atoms with Gasteiger partial charge in [-0.3, -0.25) is 9.97 Å². The highest BCUT2D eigenvalue weighted by atomic mass is 14.9. The lowest BCUT2D eigenvalue weighted by Gasteiger charge is -2.18. The van der Waals surface area contributed by atoms with Crippen molar-refractivity contribution >= 4 is 10.9 Å². The third kappa shape index (κ3) is 2.53. The van der Waals surface area contributed by atoms with Crippen LogP contribution in [0.1, 0.15) is 17.2 Å². The van der Waals surface area contributed by atoms with Crippen molar-refractivity contribution in [3.63, 3.8) is 0 Å². The van der Waals surface area contributed by atoms with Crippen LogP contribution in [0.3, 0.4) is 0 Å². The molecule has 1 atom stereocenters. The molecular formula is C17H17N3. The molecule has 2 heterocycles. The van der Waals surface area contributed by atoms with Crippen LogP contribution in [0.15, 0.2) is 61.1 Å². The van der Waals surface area contributed by atoms with Crippen molar-refractivity contribution in [1.29, 1.82) is 0 Å². The number of rotatable bonds is 4. The molecule has 0 aliphatic heterocycles. The molecule has 2 aromatic heterocycles. The predicted molar refractivity (Wildman–Crippen MR) is 81.5 cm³/mol. The predicted octanol–water partition coefficient (Wildman–Crippen LogP) is 3.13. The SMILES string of the molecule is CNC(Cc1cccnc1)c1ccnc2ccccc12. The first-order valence-electron chi connectivity index (χ1n) is 6.78. The van der Waals surface area contributed by atoms with E-state index in [9.17, 15) is 0 Å². The molecule has 0 saturated carbocycles. The van der Waals surface area contributed by atoms with Crippen LogP contribution in [0, 0.1) is 0 Å². The minimum atomic E-state index is 0.257. The van der Waals surface area contributed by atoms with Gasteiger partial charge in [-0.2, -0.15) is 0 Å². The van der Waals surface area contributed by atoms with Crippen LogP contribution >= 0.6 is 0 Å². The molecule has 0 aliphatic carbocycles. The van der Waals surface area contributed by atoms with Crippen molar-refractivity contribution in [3.8, 4) is 0 Å². The number of fused-ring (bicyclic) bond motifs is 1. The zero-order chi connectivity index (χ0) is 13.8. The molecule has 1 aromatic carbocycles. The first-order chi connectivity index (χ1) is 9.88. The molecular weight excluding hydrogens is 246 g/mol. The average Bonchev–Trinajstić information content (AvgIpc) is 2.53. The van der Waals surface area contributed by atoms with Crippen LogP contribution in [0.5, 0.6) is 0 Å². The Kier molecular flexibility index (Phi) is 3.70. The largest absolute Gasteiger partial charge is 0.313 e. The van der Waals surface area contributed by atoms with E-state index in [2.05, 4.69) is 45.6 Å². The van der Waals surface area contributed by atoms with Gasteiger partial charge in [0.15, 0.2) is 0 Å². The molecule has 0 bridgehead atoms. The zero-order valence-corrected chi connectivity index (χ0v) is 11.5. The van der Waals surface area contributed by atoms with Gasteiger partial charge in [0.25, 0.3) is 0 Å². The van der Waals surface area contributed by atoms with Crippen LogP contribution in [0.4, 0.5) is 0 Å². The second kappa shape index (κ2) is 5.80. The van der Waals surface area contributed by atoms with E-state index in [4.69, 9.17) is 0 Å². The summed E-state index contributed by atoms with van der Waals surface area (Å²) in [6.07, 6.45) is 6.52. The summed E-state index contributed by atoms with van der Waals surface area (Å²) in [5.74, 6) is 0. The van der Waals surface area contributed by atoms with E-state index in [0.29, 0.717) is 0 Å². The standard InChI is InChI=1S/C17H17N3/c1-18-17(11-13-5-4-9-19-12-13)15-8-10-20-16-7-3-2-6-14(15)16/h2-10,12,17-18H,11H2,1H3. The van der Waals surface area contributed by atoms with Gasteiger partial charge in [-0.15, -0.1) is 0 Å². The smallest absolute Gasteiger partial charge is 0.0705 e. The topological polar surface area (TPSA) is 37.8 Å². The summed E-state index contributed by atoms with van der Waals surface area (Å²) in [5.41, 5.74) is 3.55. The van der Waals surface area contributed by atoms with Crippen molar-refractivity contribution in [2.45, 2.75) is 12.5 Å². The monoisotopic (exact) mass is 263 g/mol. The number of pyridine rings is 2. The fourth-order valence-electron chi connectivity index (χ4n) is 2.54. The molecule has 0 aliphatic rings. The summed E-state index contributed by atoms with van der Waals surface area (Å²) >= 11 is 0. The molecule has 3 heteroatoms. The maximum Gasteiger partial charge on any atom is 0.0705 e. The average molecular weight is 263 g/mol. The maximum absolute atomic E-state index is 4.43. The highest BCUT2D eigenvalue weighted by molar-refractivity contribution is 5.82. The van der Waals surface area contributed by atoms with Crippen molar-refractivity contribution in [2.75, 3.05) is 7.05 Å². The van der Waals surface area contributed by atoms with Crippen molar-refractivity contribution in [3.05, 3.63) is 72.2 Å². The first-order valence-corrected chi connectivity index (χ1v) is 6.78. The molecule has 20 heavy (non-hydrogen) atoms. The van der Waals surface area contributed by atoms with Crippen LogP contribution in [-0.2, 0) is 6.42 Å². The van der Waals surface area contributed by atoms with Crippen molar-refractivity contribution in [1.82, 2.24) is 15.3 Å². The number of hydrogen-bond acceptors (Lipinski definition) is 3. The number of para-hydroxylation sites is 1. The molecule has 0 saturated heterocycles. The normalized spacial score (nSPS) is 12.4. The molecule has 0 fully saturated rings. The Bertz CT molecular complexity index is 689.